The predicted octanol–water partition coefficient (Wildman–Crippen LogP) is 4.26. The number of benzene rings is 2. The fourth-order valence-corrected chi connectivity index (χ4v) is 3.75. The van der Waals surface area contributed by atoms with Crippen LogP contribution >= 0.6 is 0 Å². The lowest BCUT2D eigenvalue weighted by Crippen LogP contribution is -2.50. The molecule has 0 aliphatic rings. The molecule has 0 saturated carbocycles. The number of aryl methyl sites for hydroxylation is 1. The van der Waals surface area contributed by atoms with Gasteiger partial charge in [-0.15, -0.1) is 0 Å². The smallest absolute Gasteiger partial charge is 0.242 e. The average Bonchev–Trinajstić information content (AvgIpc) is 2.83. The lowest BCUT2D eigenvalue weighted by atomic mass is 10.1. The summed E-state index contributed by atoms with van der Waals surface area (Å²) in [6.07, 6.45) is 2.15. The summed E-state index contributed by atoms with van der Waals surface area (Å²) >= 11 is 0. The number of rotatable bonds is 13. The molecule has 0 aliphatic carbocycles. The van der Waals surface area contributed by atoms with Gasteiger partial charge < -0.3 is 19.7 Å². The molecule has 0 aliphatic heterocycles. The van der Waals surface area contributed by atoms with E-state index in [1.165, 1.54) is 0 Å². The van der Waals surface area contributed by atoms with E-state index >= 15 is 0 Å². The third kappa shape index (κ3) is 8.12. The SMILES string of the molecule is CCC(C(=O)NCC(C)C)N(CCc1ccccc1)C(=O)CCc1ccc(OC)c(OC)c1. The number of nitrogens with zero attached hydrogens (tertiary/aromatic N) is 1. The third-order valence-corrected chi connectivity index (χ3v) is 5.63. The zero-order valence-electron chi connectivity index (χ0n) is 20.6. The van der Waals surface area contributed by atoms with Gasteiger partial charge in [-0.1, -0.05) is 57.2 Å². The second-order valence-corrected chi connectivity index (χ2v) is 8.58. The number of amides is 2. The number of nitrogens with one attached hydrogen (secondary N) is 1. The van der Waals surface area contributed by atoms with Crippen molar-refractivity contribution in [3.8, 4) is 11.5 Å². The van der Waals surface area contributed by atoms with Crippen molar-refractivity contribution in [3.05, 3.63) is 59.7 Å². The lowest BCUT2D eigenvalue weighted by molar-refractivity contribution is -0.140. The average molecular weight is 455 g/mol. The Hall–Kier alpha value is -3.02. The molecule has 2 aromatic rings. The first-order valence-corrected chi connectivity index (χ1v) is 11.7. The largest absolute Gasteiger partial charge is 0.493 e. The summed E-state index contributed by atoms with van der Waals surface area (Å²) in [7, 11) is 3.20. The van der Waals surface area contributed by atoms with Crippen LogP contribution in [0.3, 0.4) is 0 Å². The Morgan fingerprint density at radius 2 is 1.64 bits per heavy atom. The van der Waals surface area contributed by atoms with Crippen molar-refractivity contribution in [2.75, 3.05) is 27.3 Å². The molecule has 33 heavy (non-hydrogen) atoms. The van der Waals surface area contributed by atoms with Crippen molar-refractivity contribution >= 4 is 11.8 Å². The summed E-state index contributed by atoms with van der Waals surface area (Å²) in [5.41, 5.74) is 2.13. The monoisotopic (exact) mass is 454 g/mol. The number of hydrogen-bond acceptors (Lipinski definition) is 4. The van der Waals surface area contributed by atoms with Gasteiger partial charge in [-0.3, -0.25) is 9.59 Å². The van der Waals surface area contributed by atoms with Crippen LogP contribution in [-0.2, 0) is 22.4 Å². The highest BCUT2D eigenvalue weighted by Gasteiger charge is 2.28. The van der Waals surface area contributed by atoms with Crippen LogP contribution in [0.5, 0.6) is 11.5 Å². The van der Waals surface area contributed by atoms with Gasteiger partial charge in [-0.25, -0.2) is 0 Å². The van der Waals surface area contributed by atoms with Gasteiger partial charge in [0.15, 0.2) is 11.5 Å². The number of hydrogen-bond donors (Lipinski definition) is 1. The molecule has 2 amide bonds. The fourth-order valence-electron chi connectivity index (χ4n) is 3.75. The van der Waals surface area contributed by atoms with Gasteiger partial charge in [0.25, 0.3) is 0 Å². The summed E-state index contributed by atoms with van der Waals surface area (Å²) in [4.78, 5) is 28.0. The standard InChI is InChI=1S/C27H38N2O4/c1-6-23(27(31)28-19-20(2)3)29(17-16-21-10-8-7-9-11-21)26(30)15-13-22-12-14-24(32-4)25(18-22)33-5/h7-12,14,18,20,23H,6,13,15-17,19H2,1-5H3,(H,28,31). The first-order chi connectivity index (χ1) is 15.9. The molecule has 2 rings (SSSR count). The molecule has 0 spiro atoms. The van der Waals surface area contributed by atoms with E-state index < -0.39 is 6.04 Å². The van der Waals surface area contributed by atoms with Gasteiger partial charge in [-0.2, -0.15) is 0 Å². The zero-order chi connectivity index (χ0) is 24.2. The molecule has 6 nitrogen and oxygen atoms in total. The van der Waals surface area contributed by atoms with Crippen LogP contribution in [0.2, 0.25) is 0 Å². The van der Waals surface area contributed by atoms with Gasteiger partial charge in [-0.05, 0) is 48.4 Å². The van der Waals surface area contributed by atoms with Crippen LogP contribution in [0.15, 0.2) is 48.5 Å². The minimum absolute atomic E-state index is 0.0211. The zero-order valence-corrected chi connectivity index (χ0v) is 20.6. The predicted molar refractivity (Wildman–Crippen MR) is 132 cm³/mol. The van der Waals surface area contributed by atoms with E-state index in [1.54, 1.807) is 19.1 Å². The highest BCUT2D eigenvalue weighted by atomic mass is 16.5. The number of ether oxygens (including phenoxy) is 2. The molecule has 0 heterocycles. The fraction of sp³-hybridized carbons (Fsp3) is 0.481. The van der Waals surface area contributed by atoms with Crippen molar-refractivity contribution in [1.29, 1.82) is 0 Å². The van der Waals surface area contributed by atoms with Crippen molar-refractivity contribution in [3.63, 3.8) is 0 Å². The highest BCUT2D eigenvalue weighted by molar-refractivity contribution is 5.87. The molecule has 6 heteroatoms. The van der Waals surface area contributed by atoms with E-state index in [4.69, 9.17) is 9.47 Å². The Bertz CT molecular complexity index is 883. The minimum Gasteiger partial charge on any atom is -0.493 e. The lowest BCUT2D eigenvalue weighted by Gasteiger charge is -2.31. The minimum atomic E-state index is -0.481. The Morgan fingerprint density at radius 3 is 2.24 bits per heavy atom. The molecule has 1 atom stereocenters. The van der Waals surface area contributed by atoms with E-state index in [-0.39, 0.29) is 11.8 Å². The summed E-state index contributed by atoms with van der Waals surface area (Å²) in [6, 6.07) is 15.3. The number of carbonyl (C=O) groups is 2. The van der Waals surface area contributed by atoms with Gasteiger partial charge in [0.1, 0.15) is 6.04 Å². The van der Waals surface area contributed by atoms with Gasteiger partial charge >= 0.3 is 0 Å². The molecule has 0 fully saturated rings. The third-order valence-electron chi connectivity index (χ3n) is 5.63. The normalized spacial score (nSPS) is 11.7. The topological polar surface area (TPSA) is 67.9 Å². The van der Waals surface area contributed by atoms with E-state index in [0.717, 1.165) is 11.1 Å². The molecular weight excluding hydrogens is 416 g/mol. The quantitative estimate of drug-likeness (QED) is 0.491. The van der Waals surface area contributed by atoms with Gasteiger partial charge in [0.05, 0.1) is 14.2 Å². The van der Waals surface area contributed by atoms with Gasteiger partial charge in [0.2, 0.25) is 11.8 Å². The van der Waals surface area contributed by atoms with Crippen LogP contribution in [0.4, 0.5) is 0 Å². The van der Waals surface area contributed by atoms with Crippen molar-refractivity contribution in [1.82, 2.24) is 10.2 Å². The maximum absolute atomic E-state index is 13.3. The molecule has 1 N–H and O–H groups in total. The Balaban J connectivity index is 2.14. The van der Waals surface area contributed by atoms with Crippen LogP contribution in [0.1, 0.15) is 44.7 Å². The molecule has 0 saturated heterocycles. The first kappa shape index (κ1) is 26.2. The highest BCUT2D eigenvalue weighted by Crippen LogP contribution is 2.28. The second-order valence-electron chi connectivity index (χ2n) is 8.58. The molecule has 0 radical (unpaired) electrons. The van der Waals surface area contributed by atoms with E-state index in [0.29, 0.717) is 56.2 Å². The van der Waals surface area contributed by atoms with Crippen LogP contribution < -0.4 is 14.8 Å². The maximum atomic E-state index is 13.3. The second kappa shape index (κ2) is 13.5. The van der Waals surface area contributed by atoms with E-state index in [2.05, 4.69) is 19.2 Å². The first-order valence-electron chi connectivity index (χ1n) is 11.7. The summed E-state index contributed by atoms with van der Waals surface area (Å²) in [6.45, 7) is 7.17. The summed E-state index contributed by atoms with van der Waals surface area (Å²) < 4.78 is 10.7. The van der Waals surface area contributed by atoms with Crippen molar-refractivity contribution in [2.45, 2.75) is 52.5 Å². The van der Waals surface area contributed by atoms with Crippen LogP contribution in [0.25, 0.3) is 0 Å². The van der Waals surface area contributed by atoms with Gasteiger partial charge in [0, 0.05) is 19.5 Å². The summed E-state index contributed by atoms with van der Waals surface area (Å²) in [5, 5.41) is 3.00. The number of carbonyl (C=O) groups excluding carboxylic acids is 2. The summed E-state index contributed by atoms with van der Waals surface area (Å²) in [5.74, 6) is 1.55. The Labute approximate surface area is 198 Å². The Kier molecular flexibility index (Phi) is 10.7. The number of methoxy groups -OCH3 is 2. The molecule has 0 bridgehead atoms. The molecule has 1 unspecified atom stereocenters. The Morgan fingerprint density at radius 1 is 0.939 bits per heavy atom. The molecule has 0 aromatic heterocycles. The van der Waals surface area contributed by atoms with Crippen LogP contribution in [-0.4, -0.2) is 50.1 Å². The molecule has 180 valence electrons. The van der Waals surface area contributed by atoms with Crippen LogP contribution in [0, 0.1) is 5.92 Å². The van der Waals surface area contributed by atoms with Crippen molar-refractivity contribution < 1.29 is 19.1 Å². The van der Waals surface area contributed by atoms with E-state index in [1.807, 2.05) is 55.5 Å². The van der Waals surface area contributed by atoms with Crippen molar-refractivity contribution in [2.24, 2.45) is 5.92 Å². The molecule has 2 aromatic carbocycles. The van der Waals surface area contributed by atoms with E-state index in [9.17, 15) is 9.59 Å². The maximum Gasteiger partial charge on any atom is 0.242 e. The molecular formula is C27H38N2O4.